The molecule has 0 aliphatic heterocycles. The molecule has 3 aromatic rings. The highest BCUT2D eigenvalue weighted by molar-refractivity contribution is 6.05. The van der Waals surface area contributed by atoms with Crippen LogP contribution in [0.4, 0.5) is 26.3 Å². The van der Waals surface area contributed by atoms with Crippen LogP contribution in [-0.4, -0.2) is 17.3 Å². The Morgan fingerprint density at radius 2 is 1.38 bits per heavy atom. The number of alkyl halides is 6. The summed E-state index contributed by atoms with van der Waals surface area (Å²) in [7, 11) is 0. The molecule has 1 N–H and O–H groups in total. The predicted molar refractivity (Wildman–Crippen MR) is 76.9 cm³/mol. The lowest BCUT2D eigenvalue weighted by Gasteiger charge is -2.23. The predicted octanol–water partition coefficient (Wildman–Crippen LogP) is 4.89. The van der Waals surface area contributed by atoms with Gasteiger partial charge in [-0.1, -0.05) is 24.3 Å². The molecule has 0 saturated carbocycles. The molecule has 0 bridgehead atoms. The van der Waals surface area contributed by atoms with Crippen molar-refractivity contribution in [3.8, 4) is 0 Å². The normalized spacial score (nSPS) is 13.1. The second-order valence-electron chi connectivity index (χ2n) is 5.32. The third-order valence-electron chi connectivity index (χ3n) is 3.74. The fourth-order valence-corrected chi connectivity index (χ4v) is 2.74. The largest absolute Gasteiger partial charge is 0.404 e. The number of halogens is 6. The van der Waals surface area contributed by atoms with Crippen molar-refractivity contribution in [3.05, 3.63) is 58.4 Å². The SMILES string of the molecule is O=c1[nH]c2ccc(C(C(F)(F)F)C(F)(F)F)cc2c2ccccc12. The fraction of sp³-hybridized carbons (Fsp3) is 0.188. The Bertz CT molecular complexity index is 956. The van der Waals surface area contributed by atoms with E-state index in [4.69, 9.17) is 0 Å². The molecule has 0 unspecified atom stereocenters. The minimum Gasteiger partial charge on any atom is -0.321 e. The zero-order valence-electron chi connectivity index (χ0n) is 11.8. The number of benzene rings is 2. The van der Waals surface area contributed by atoms with Crippen LogP contribution in [0.25, 0.3) is 21.7 Å². The summed E-state index contributed by atoms with van der Waals surface area (Å²) >= 11 is 0. The van der Waals surface area contributed by atoms with E-state index in [1.807, 2.05) is 0 Å². The maximum absolute atomic E-state index is 12.9. The van der Waals surface area contributed by atoms with Gasteiger partial charge in [0.25, 0.3) is 5.56 Å². The maximum Gasteiger partial charge on any atom is 0.404 e. The molecule has 0 aliphatic carbocycles. The molecule has 0 atom stereocenters. The van der Waals surface area contributed by atoms with Crippen LogP contribution in [0.1, 0.15) is 11.5 Å². The molecule has 0 spiro atoms. The molecule has 0 amide bonds. The first-order chi connectivity index (χ1) is 11.1. The number of fused-ring (bicyclic) bond motifs is 3. The van der Waals surface area contributed by atoms with Crippen molar-refractivity contribution in [2.75, 3.05) is 0 Å². The Hall–Kier alpha value is -2.51. The Morgan fingerprint density at radius 1 is 0.792 bits per heavy atom. The van der Waals surface area contributed by atoms with Gasteiger partial charge in [-0.25, -0.2) is 0 Å². The van der Waals surface area contributed by atoms with Crippen molar-refractivity contribution in [2.24, 2.45) is 0 Å². The summed E-state index contributed by atoms with van der Waals surface area (Å²) in [6.45, 7) is 0. The lowest BCUT2D eigenvalue weighted by atomic mass is 9.95. The molecule has 24 heavy (non-hydrogen) atoms. The molecular weight excluding hydrogens is 336 g/mol. The highest BCUT2D eigenvalue weighted by Crippen LogP contribution is 2.46. The Morgan fingerprint density at radius 3 is 1.96 bits per heavy atom. The molecular formula is C16H9F6NO. The van der Waals surface area contributed by atoms with Crippen LogP contribution in [0.15, 0.2) is 47.3 Å². The first kappa shape index (κ1) is 16.4. The molecule has 0 radical (unpaired) electrons. The summed E-state index contributed by atoms with van der Waals surface area (Å²) < 4.78 is 77.4. The lowest BCUT2D eigenvalue weighted by molar-refractivity contribution is -0.253. The topological polar surface area (TPSA) is 32.9 Å². The van der Waals surface area contributed by atoms with Gasteiger partial charge in [0.1, 0.15) is 0 Å². The highest BCUT2D eigenvalue weighted by Gasteiger charge is 2.57. The summed E-state index contributed by atoms with van der Waals surface area (Å²) in [5.41, 5.74) is -1.21. The highest BCUT2D eigenvalue weighted by atomic mass is 19.4. The standard InChI is InChI=1S/C16H9F6NO/c17-15(18,19)13(16(20,21)22)8-5-6-12-11(7-8)9-3-1-2-4-10(9)14(24)23-12/h1-7,13H,(H,23,24). The zero-order valence-corrected chi connectivity index (χ0v) is 11.8. The van der Waals surface area contributed by atoms with Gasteiger partial charge in [-0.15, -0.1) is 0 Å². The monoisotopic (exact) mass is 345 g/mol. The average molecular weight is 345 g/mol. The van der Waals surface area contributed by atoms with E-state index in [-0.39, 0.29) is 16.3 Å². The number of aromatic amines is 1. The van der Waals surface area contributed by atoms with Crippen LogP contribution in [0.3, 0.4) is 0 Å². The van der Waals surface area contributed by atoms with E-state index in [2.05, 4.69) is 4.98 Å². The molecule has 3 rings (SSSR count). The number of pyridine rings is 1. The molecule has 0 fully saturated rings. The van der Waals surface area contributed by atoms with Crippen LogP contribution in [-0.2, 0) is 0 Å². The van der Waals surface area contributed by atoms with Crippen molar-refractivity contribution < 1.29 is 26.3 Å². The van der Waals surface area contributed by atoms with Crippen molar-refractivity contribution in [3.63, 3.8) is 0 Å². The summed E-state index contributed by atoms with van der Waals surface area (Å²) in [6.07, 6.45) is -10.9. The third-order valence-corrected chi connectivity index (χ3v) is 3.74. The number of nitrogens with one attached hydrogen (secondary N) is 1. The van der Waals surface area contributed by atoms with Crippen molar-refractivity contribution in [1.29, 1.82) is 0 Å². The van der Waals surface area contributed by atoms with Gasteiger partial charge in [0.05, 0.1) is 0 Å². The summed E-state index contributed by atoms with van der Waals surface area (Å²) in [5.74, 6) is -3.58. The number of H-pyrrole nitrogens is 1. The molecule has 0 aliphatic rings. The van der Waals surface area contributed by atoms with Crippen LogP contribution in [0.5, 0.6) is 0 Å². The van der Waals surface area contributed by atoms with E-state index in [1.165, 1.54) is 12.1 Å². The Kier molecular flexibility index (Phi) is 3.58. The Balaban J connectivity index is 2.34. The minimum absolute atomic E-state index is 0.126. The zero-order chi connectivity index (χ0) is 17.7. The van der Waals surface area contributed by atoms with E-state index in [0.29, 0.717) is 5.39 Å². The number of aromatic nitrogens is 1. The van der Waals surface area contributed by atoms with Gasteiger partial charge in [-0.3, -0.25) is 4.79 Å². The summed E-state index contributed by atoms with van der Waals surface area (Å²) in [5, 5.41) is 0.611. The van der Waals surface area contributed by atoms with E-state index >= 15 is 0 Å². The van der Waals surface area contributed by atoms with Gasteiger partial charge in [-0.05, 0) is 29.1 Å². The summed E-state index contributed by atoms with van der Waals surface area (Å²) in [6, 6.07) is 8.67. The first-order valence-corrected chi connectivity index (χ1v) is 6.77. The van der Waals surface area contributed by atoms with Crippen molar-refractivity contribution in [1.82, 2.24) is 4.98 Å². The second-order valence-corrected chi connectivity index (χ2v) is 5.32. The third kappa shape index (κ3) is 2.72. The van der Waals surface area contributed by atoms with E-state index < -0.39 is 29.4 Å². The van der Waals surface area contributed by atoms with Gasteiger partial charge in [0.15, 0.2) is 5.92 Å². The fourth-order valence-electron chi connectivity index (χ4n) is 2.74. The van der Waals surface area contributed by atoms with E-state index in [1.54, 1.807) is 12.1 Å². The lowest BCUT2D eigenvalue weighted by Crippen LogP contribution is -2.34. The number of hydrogen-bond donors (Lipinski definition) is 1. The van der Waals surface area contributed by atoms with Gasteiger partial charge in [0.2, 0.25) is 0 Å². The molecule has 2 aromatic carbocycles. The van der Waals surface area contributed by atoms with Gasteiger partial charge < -0.3 is 4.98 Å². The molecule has 126 valence electrons. The van der Waals surface area contributed by atoms with Gasteiger partial charge in [-0.2, -0.15) is 26.3 Å². The summed E-state index contributed by atoms with van der Waals surface area (Å²) in [4.78, 5) is 14.4. The molecule has 0 saturated heterocycles. The molecule has 1 aromatic heterocycles. The molecule has 2 nitrogen and oxygen atoms in total. The van der Waals surface area contributed by atoms with Crippen molar-refractivity contribution >= 4 is 21.7 Å². The van der Waals surface area contributed by atoms with E-state index in [0.717, 1.165) is 18.2 Å². The quantitative estimate of drug-likeness (QED) is 0.494. The van der Waals surface area contributed by atoms with Crippen LogP contribution in [0, 0.1) is 0 Å². The van der Waals surface area contributed by atoms with Crippen LogP contribution in [0.2, 0.25) is 0 Å². The molecule has 1 heterocycles. The maximum atomic E-state index is 12.9. The second kappa shape index (κ2) is 5.25. The van der Waals surface area contributed by atoms with Crippen molar-refractivity contribution in [2.45, 2.75) is 18.3 Å². The average Bonchev–Trinajstić information content (AvgIpc) is 2.45. The minimum atomic E-state index is -5.47. The van der Waals surface area contributed by atoms with Gasteiger partial charge >= 0.3 is 12.4 Å². The number of rotatable bonds is 1. The van der Waals surface area contributed by atoms with Crippen LogP contribution >= 0.6 is 0 Å². The smallest absolute Gasteiger partial charge is 0.321 e. The van der Waals surface area contributed by atoms with E-state index in [9.17, 15) is 31.1 Å². The first-order valence-electron chi connectivity index (χ1n) is 6.77. The van der Waals surface area contributed by atoms with Crippen LogP contribution < -0.4 is 5.56 Å². The molecule has 8 heteroatoms. The Labute approximate surface area is 130 Å². The van der Waals surface area contributed by atoms with Gasteiger partial charge in [0, 0.05) is 16.3 Å². The number of hydrogen-bond acceptors (Lipinski definition) is 1.